The lowest BCUT2D eigenvalue weighted by Gasteiger charge is -2.27. The maximum absolute atomic E-state index is 12.6. The van der Waals surface area contributed by atoms with Crippen LogP contribution in [0.4, 0.5) is 10.5 Å². The molecule has 0 saturated heterocycles. The Morgan fingerprint density at radius 2 is 1.76 bits per heavy atom. The molecule has 9 heteroatoms. The molecule has 0 fully saturated rings. The zero-order valence-electron chi connectivity index (χ0n) is 17.8. The van der Waals surface area contributed by atoms with Crippen molar-refractivity contribution in [1.29, 1.82) is 0 Å². The number of benzene rings is 1. The number of anilines is 1. The van der Waals surface area contributed by atoms with Crippen LogP contribution in [0.2, 0.25) is 0 Å². The second kappa shape index (κ2) is 11.1. The van der Waals surface area contributed by atoms with Crippen LogP contribution in [0.5, 0.6) is 0 Å². The Morgan fingerprint density at radius 1 is 1.17 bits per heavy atom. The van der Waals surface area contributed by atoms with Crippen molar-refractivity contribution in [3.05, 3.63) is 24.3 Å². The number of carbonyl (C=O) groups is 3. The average molecular weight is 426 g/mol. The molecule has 0 aromatic heterocycles. The van der Waals surface area contributed by atoms with Crippen molar-refractivity contribution in [2.24, 2.45) is 5.92 Å². The summed E-state index contributed by atoms with van der Waals surface area (Å²) in [6.45, 7) is 8.72. The third kappa shape index (κ3) is 9.67. The van der Waals surface area contributed by atoms with Gasteiger partial charge in [-0.25, -0.2) is 4.79 Å². The lowest BCUT2D eigenvalue weighted by Crippen LogP contribution is -2.51. The smallest absolute Gasteiger partial charge is 0.319 e. The van der Waals surface area contributed by atoms with E-state index in [0.717, 1.165) is 0 Å². The van der Waals surface area contributed by atoms with Gasteiger partial charge in [0, 0.05) is 12.6 Å². The van der Waals surface area contributed by atoms with Crippen molar-refractivity contribution >= 4 is 34.8 Å². The Hall–Kier alpha value is -2.26. The van der Waals surface area contributed by atoms with Crippen molar-refractivity contribution in [3.63, 3.8) is 0 Å². The molecule has 1 rings (SSSR count). The highest BCUT2D eigenvalue weighted by Crippen LogP contribution is 2.14. The summed E-state index contributed by atoms with van der Waals surface area (Å²) in [6.07, 6.45) is 2.02. The van der Waals surface area contributed by atoms with E-state index in [1.165, 1.54) is 6.92 Å². The lowest BCUT2D eigenvalue weighted by atomic mass is 10.0. The zero-order valence-corrected chi connectivity index (χ0v) is 18.6. The fourth-order valence-corrected chi connectivity index (χ4v) is 3.13. The fourth-order valence-electron chi connectivity index (χ4n) is 2.61. The number of ether oxygens (including phenoxy) is 1. The molecule has 2 atom stereocenters. The highest BCUT2D eigenvalue weighted by Gasteiger charge is 2.26. The van der Waals surface area contributed by atoms with Gasteiger partial charge >= 0.3 is 12.0 Å². The SMILES string of the molecule is CC(=O)OC(C)(C)CNC(=O)C(CC(C)C)NC(=O)Nc1ccc([S+](C)[O-])cc1. The molecule has 0 aliphatic carbocycles. The fraction of sp³-hybridized carbons (Fsp3) is 0.550. The Morgan fingerprint density at radius 3 is 2.24 bits per heavy atom. The van der Waals surface area contributed by atoms with E-state index in [2.05, 4.69) is 16.0 Å². The van der Waals surface area contributed by atoms with Gasteiger partial charge in [-0.05, 0) is 61.6 Å². The quantitative estimate of drug-likeness (QED) is 0.415. The lowest BCUT2D eigenvalue weighted by molar-refractivity contribution is -0.154. The number of hydrogen-bond donors (Lipinski definition) is 3. The summed E-state index contributed by atoms with van der Waals surface area (Å²) in [6, 6.07) is 5.37. The van der Waals surface area contributed by atoms with Crippen LogP contribution >= 0.6 is 0 Å². The van der Waals surface area contributed by atoms with E-state index in [0.29, 0.717) is 17.0 Å². The molecule has 0 radical (unpaired) electrons. The topological polar surface area (TPSA) is 120 Å². The maximum atomic E-state index is 12.6. The molecule has 2 unspecified atom stereocenters. The van der Waals surface area contributed by atoms with Crippen LogP contribution in [0.3, 0.4) is 0 Å². The van der Waals surface area contributed by atoms with Gasteiger partial charge in [0.2, 0.25) is 5.91 Å². The van der Waals surface area contributed by atoms with Crippen molar-refractivity contribution in [2.45, 2.75) is 57.6 Å². The Balaban J connectivity index is 2.70. The van der Waals surface area contributed by atoms with Gasteiger partial charge in [0.25, 0.3) is 0 Å². The van der Waals surface area contributed by atoms with Crippen LogP contribution < -0.4 is 16.0 Å². The molecule has 1 aromatic rings. The van der Waals surface area contributed by atoms with Crippen LogP contribution in [0.15, 0.2) is 29.2 Å². The molecule has 29 heavy (non-hydrogen) atoms. The average Bonchev–Trinajstić information content (AvgIpc) is 2.58. The number of esters is 1. The predicted molar refractivity (Wildman–Crippen MR) is 113 cm³/mol. The van der Waals surface area contributed by atoms with Crippen LogP contribution in [0, 0.1) is 5.92 Å². The minimum absolute atomic E-state index is 0.124. The van der Waals surface area contributed by atoms with Crippen LogP contribution in [-0.2, 0) is 25.5 Å². The molecular formula is C20H31N3O5S. The number of rotatable bonds is 9. The third-order valence-corrected chi connectivity index (χ3v) is 4.82. The minimum Gasteiger partial charge on any atom is -0.612 e. The van der Waals surface area contributed by atoms with E-state index in [1.807, 2.05) is 13.8 Å². The molecule has 8 nitrogen and oxygen atoms in total. The normalized spacial score (nSPS) is 13.4. The molecule has 0 aliphatic rings. The maximum Gasteiger partial charge on any atom is 0.319 e. The molecular weight excluding hydrogens is 394 g/mol. The first-order chi connectivity index (χ1) is 13.4. The summed E-state index contributed by atoms with van der Waals surface area (Å²) in [5.74, 6) is -0.615. The molecule has 162 valence electrons. The Labute approximate surface area is 175 Å². The number of hydrogen-bond acceptors (Lipinski definition) is 5. The van der Waals surface area contributed by atoms with Crippen LogP contribution in [-0.4, -0.2) is 46.9 Å². The molecule has 0 heterocycles. The largest absolute Gasteiger partial charge is 0.612 e. The van der Waals surface area contributed by atoms with E-state index in [1.54, 1.807) is 44.4 Å². The molecule has 1 aromatic carbocycles. The molecule has 0 bridgehead atoms. The zero-order chi connectivity index (χ0) is 22.2. The first-order valence-corrected chi connectivity index (χ1v) is 10.9. The van der Waals surface area contributed by atoms with E-state index < -0.39 is 34.8 Å². The highest BCUT2D eigenvalue weighted by molar-refractivity contribution is 7.90. The van der Waals surface area contributed by atoms with Crippen molar-refractivity contribution in [1.82, 2.24) is 10.6 Å². The van der Waals surface area contributed by atoms with Crippen LogP contribution in [0.25, 0.3) is 0 Å². The first kappa shape index (κ1) is 24.8. The third-order valence-electron chi connectivity index (χ3n) is 3.88. The highest BCUT2D eigenvalue weighted by atomic mass is 32.2. The molecule has 3 N–H and O–H groups in total. The van der Waals surface area contributed by atoms with Crippen molar-refractivity contribution in [3.8, 4) is 0 Å². The van der Waals surface area contributed by atoms with Gasteiger partial charge in [-0.2, -0.15) is 0 Å². The van der Waals surface area contributed by atoms with Crippen LogP contribution in [0.1, 0.15) is 41.0 Å². The monoisotopic (exact) mass is 425 g/mol. The summed E-state index contributed by atoms with van der Waals surface area (Å²) >= 11 is -1.10. The van der Waals surface area contributed by atoms with Crippen molar-refractivity contribution < 1.29 is 23.7 Å². The first-order valence-electron chi connectivity index (χ1n) is 9.38. The number of urea groups is 1. The second-order valence-electron chi connectivity index (χ2n) is 7.83. The molecule has 0 spiro atoms. The van der Waals surface area contributed by atoms with Gasteiger partial charge < -0.3 is 25.2 Å². The van der Waals surface area contributed by atoms with Crippen molar-refractivity contribution in [2.75, 3.05) is 18.1 Å². The predicted octanol–water partition coefficient (Wildman–Crippen LogP) is 2.42. The second-order valence-corrected chi connectivity index (χ2v) is 9.21. The van der Waals surface area contributed by atoms with Gasteiger partial charge in [-0.1, -0.05) is 13.8 Å². The minimum atomic E-state index is -1.10. The van der Waals surface area contributed by atoms with E-state index in [4.69, 9.17) is 4.74 Å². The molecule has 3 amide bonds. The number of nitrogens with one attached hydrogen (secondary N) is 3. The molecule has 0 aliphatic heterocycles. The summed E-state index contributed by atoms with van der Waals surface area (Å²) in [5, 5.41) is 8.08. The summed E-state index contributed by atoms with van der Waals surface area (Å²) in [4.78, 5) is 36.7. The standard InChI is InChI=1S/C20H31N3O5S/c1-13(2)11-17(18(25)21-12-20(4,5)28-14(3)24)23-19(26)22-15-7-9-16(10-8-15)29(6)27/h7-10,13,17H,11-12H2,1-6H3,(H,21,25)(H2,22,23,26). The van der Waals surface area contributed by atoms with Gasteiger partial charge in [-0.15, -0.1) is 0 Å². The van der Waals surface area contributed by atoms with E-state index >= 15 is 0 Å². The number of carbonyl (C=O) groups excluding carboxylic acids is 3. The Kier molecular flexibility index (Phi) is 9.45. The summed E-state index contributed by atoms with van der Waals surface area (Å²) in [5.41, 5.74) is -0.329. The Bertz CT molecular complexity index is 705. The van der Waals surface area contributed by atoms with Gasteiger partial charge in [-0.3, -0.25) is 9.59 Å². The van der Waals surface area contributed by atoms with E-state index in [-0.39, 0.29) is 18.4 Å². The van der Waals surface area contributed by atoms with Gasteiger partial charge in [0.05, 0.1) is 6.54 Å². The number of amides is 3. The van der Waals surface area contributed by atoms with E-state index in [9.17, 15) is 18.9 Å². The van der Waals surface area contributed by atoms with Gasteiger partial charge in [0.1, 0.15) is 17.9 Å². The van der Waals surface area contributed by atoms with Gasteiger partial charge in [0.15, 0.2) is 4.90 Å². The summed E-state index contributed by atoms with van der Waals surface area (Å²) in [7, 11) is 0. The summed E-state index contributed by atoms with van der Waals surface area (Å²) < 4.78 is 16.6. The molecule has 0 saturated carbocycles.